The van der Waals surface area contributed by atoms with E-state index in [1.54, 1.807) is 12.1 Å². The molecule has 0 aliphatic heterocycles. The zero-order valence-corrected chi connectivity index (χ0v) is 11.9. The van der Waals surface area contributed by atoms with E-state index in [-0.39, 0.29) is 11.5 Å². The molecular weight excluding hydrogens is 304 g/mol. The minimum absolute atomic E-state index is 0.0414. The van der Waals surface area contributed by atoms with E-state index in [4.69, 9.17) is 22.4 Å². The minimum Gasteiger partial charge on any atom is -0.480 e. The van der Waals surface area contributed by atoms with Crippen molar-refractivity contribution in [1.29, 1.82) is 0 Å². The van der Waals surface area contributed by atoms with Gasteiger partial charge in [-0.1, -0.05) is 11.6 Å². The number of carbonyl (C=O) groups is 3. The summed E-state index contributed by atoms with van der Waals surface area (Å²) in [5.41, 5.74) is 5.59. The molecular formula is C12H13ClN2O4S. The van der Waals surface area contributed by atoms with Gasteiger partial charge in [0, 0.05) is 16.3 Å². The first-order chi connectivity index (χ1) is 9.40. The number of imide groups is 1. The quantitative estimate of drug-likeness (QED) is 0.714. The normalized spacial score (nSPS) is 11.7. The van der Waals surface area contributed by atoms with Gasteiger partial charge in [0.2, 0.25) is 5.91 Å². The Bertz CT molecular complexity index is 507. The van der Waals surface area contributed by atoms with Crippen LogP contribution in [0.25, 0.3) is 0 Å². The number of benzene rings is 1. The Balaban J connectivity index is 2.37. The molecule has 1 aromatic rings. The third kappa shape index (κ3) is 5.60. The van der Waals surface area contributed by atoms with Crippen LogP contribution in [0.15, 0.2) is 24.3 Å². The Hall–Kier alpha value is -1.57. The van der Waals surface area contributed by atoms with Gasteiger partial charge < -0.3 is 10.8 Å². The largest absolute Gasteiger partial charge is 0.480 e. The van der Waals surface area contributed by atoms with Gasteiger partial charge in [-0.25, -0.2) is 0 Å². The highest BCUT2D eigenvalue weighted by Crippen LogP contribution is 2.09. The zero-order chi connectivity index (χ0) is 15.1. The van der Waals surface area contributed by atoms with E-state index in [0.717, 1.165) is 11.8 Å². The van der Waals surface area contributed by atoms with E-state index in [0.29, 0.717) is 10.6 Å². The molecule has 0 radical (unpaired) electrons. The Labute approximate surface area is 124 Å². The van der Waals surface area contributed by atoms with Gasteiger partial charge in [0.15, 0.2) is 0 Å². The fourth-order valence-corrected chi connectivity index (χ4v) is 2.08. The Morgan fingerprint density at radius 2 is 1.90 bits per heavy atom. The van der Waals surface area contributed by atoms with Crippen LogP contribution >= 0.6 is 23.4 Å². The van der Waals surface area contributed by atoms with Crippen molar-refractivity contribution in [3.63, 3.8) is 0 Å². The molecule has 6 nitrogen and oxygen atoms in total. The predicted molar refractivity (Wildman–Crippen MR) is 76.9 cm³/mol. The van der Waals surface area contributed by atoms with Gasteiger partial charge in [0.05, 0.1) is 5.75 Å². The van der Waals surface area contributed by atoms with Crippen LogP contribution in [-0.2, 0) is 9.59 Å². The molecule has 108 valence electrons. The number of nitrogens with one attached hydrogen (secondary N) is 1. The molecule has 1 aromatic carbocycles. The molecule has 0 heterocycles. The van der Waals surface area contributed by atoms with Crippen LogP contribution in [0.2, 0.25) is 5.02 Å². The van der Waals surface area contributed by atoms with Gasteiger partial charge in [-0.3, -0.25) is 19.7 Å². The lowest BCUT2D eigenvalue weighted by Crippen LogP contribution is -2.35. The van der Waals surface area contributed by atoms with Crippen molar-refractivity contribution in [2.24, 2.45) is 5.73 Å². The predicted octanol–water partition coefficient (Wildman–Crippen LogP) is 0.741. The molecule has 8 heteroatoms. The standard InChI is InChI=1S/C12H13ClN2O4S/c13-8-3-1-7(2-4-8)11(17)15-10(16)6-20-5-9(14)12(18)19/h1-4,9H,5-6,14H2,(H,18,19)(H,15,16,17)/t9-/m0/s1. The second-order valence-electron chi connectivity index (χ2n) is 3.84. The van der Waals surface area contributed by atoms with Crippen molar-refractivity contribution < 1.29 is 19.5 Å². The topological polar surface area (TPSA) is 109 Å². The number of rotatable bonds is 6. The number of hydrogen-bond donors (Lipinski definition) is 3. The van der Waals surface area contributed by atoms with Gasteiger partial charge in [0.1, 0.15) is 6.04 Å². The molecule has 0 saturated heterocycles. The molecule has 0 spiro atoms. The third-order valence-electron chi connectivity index (χ3n) is 2.21. The van der Waals surface area contributed by atoms with Crippen LogP contribution in [-0.4, -0.2) is 40.4 Å². The number of halogens is 1. The fraction of sp³-hybridized carbons (Fsp3) is 0.250. The van der Waals surface area contributed by atoms with Crippen molar-refractivity contribution in [1.82, 2.24) is 5.32 Å². The van der Waals surface area contributed by atoms with Gasteiger partial charge in [0.25, 0.3) is 5.91 Å². The molecule has 2 amide bonds. The smallest absolute Gasteiger partial charge is 0.321 e. The van der Waals surface area contributed by atoms with E-state index in [1.807, 2.05) is 0 Å². The van der Waals surface area contributed by atoms with Gasteiger partial charge in [-0.05, 0) is 24.3 Å². The molecule has 4 N–H and O–H groups in total. The summed E-state index contributed by atoms with van der Waals surface area (Å²) in [6.07, 6.45) is 0. The lowest BCUT2D eigenvalue weighted by Gasteiger charge is -2.06. The van der Waals surface area contributed by atoms with Crippen molar-refractivity contribution in [3.8, 4) is 0 Å². The summed E-state index contributed by atoms with van der Waals surface area (Å²) >= 11 is 6.73. The summed E-state index contributed by atoms with van der Waals surface area (Å²) < 4.78 is 0. The summed E-state index contributed by atoms with van der Waals surface area (Å²) in [7, 11) is 0. The number of thioether (sulfide) groups is 1. The number of amides is 2. The first-order valence-electron chi connectivity index (χ1n) is 5.56. The molecule has 20 heavy (non-hydrogen) atoms. The van der Waals surface area contributed by atoms with Crippen LogP contribution < -0.4 is 11.1 Å². The number of nitrogens with two attached hydrogens (primary N) is 1. The number of carbonyl (C=O) groups excluding carboxylic acids is 2. The van der Waals surface area contributed by atoms with E-state index in [2.05, 4.69) is 5.32 Å². The molecule has 0 aliphatic carbocycles. The highest BCUT2D eigenvalue weighted by molar-refractivity contribution is 8.00. The summed E-state index contributed by atoms with van der Waals surface area (Å²) in [5, 5.41) is 11.2. The van der Waals surface area contributed by atoms with Gasteiger partial charge in [-0.15, -0.1) is 11.8 Å². The second kappa shape index (κ2) is 7.88. The first kappa shape index (κ1) is 16.5. The number of carboxylic acids is 1. The molecule has 1 atom stereocenters. The molecule has 0 bridgehead atoms. The molecule has 0 aromatic heterocycles. The maximum Gasteiger partial charge on any atom is 0.321 e. The SMILES string of the molecule is N[C@@H](CSCC(=O)NC(=O)c1ccc(Cl)cc1)C(=O)O. The number of carboxylic acid groups (broad SMARTS) is 1. The van der Waals surface area contributed by atoms with E-state index >= 15 is 0 Å². The van der Waals surface area contributed by atoms with Gasteiger partial charge >= 0.3 is 5.97 Å². The summed E-state index contributed by atoms with van der Waals surface area (Å²) in [6, 6.07) is 5.06. The van der Waals surface area contributed by atoms with Crippen LogP contribution in [0, 0.1) is 0 Å². The Morgan fingerprint density at radius 1 is 1.30 bits per heavy atom. The molecule has 0 fully saturated rings. The second-order valence-corrected chi connectivity index (χ2v) is 5.31. The lowest BCUT2D eigenvalue weighted by molar-refractivity contribution is -0.138. The van der Waals surface area contributed by atoms with Crippen LogP contribution in [0.5, 0.6) is 0 Å². The summed E-state index contributed by atoms with van der Waals surface area (Å²) in [4.78, 5) is 33.6. The fourth-order valence-electron chi connectivity index (χ4n) is 1.19. The number of hydrogen-bond acceptors (Lipinski definition) is 5. The average molecular weight is 317 g/mol. The van der Waals surface area contributed by atoms with E-state index < -0.39 is 23.8 Å². The van der Waals surface area contributed by atoms with Crippen molar-refractivity contribution in [2.75, 3.05) is 11.5 Å². The Kier molecular flexibility index (Phi) is 6.50. The molecule has 1 rings (SSSR count). The van der Waals surface area contributed by atoms with Crippen molar-refractivity contribution >= 4 is 41.1 Å². The van der Waals surface area contributed by atoms with Crippen LogP contribution in [0.4, 0.5) is 0 Å². The van der Waals surface area contributed by atoms with Crippen LogP contribution in [0.3, 0.4) is 0 Å². The monoisotopic (exact) mass is 316 g/mol. The first-order valence-corrected chi connectivity index (χ1v) is 7.09. The van der Waals surface area contributed by atoms with E-state index in [9.17, 15) is 14.4 Å². The average Bonchev–Trinajstić information content (AvgIpc) is 2.39. The molecule has 0 saturated carbocycles. The highest BCUT2D eigenvalue weighted by atomic mass is 35.5. The number of aliphatic carboxylic acids is 1. The maximum absolute atomic E-state index is 11.7. The zero-order valence-electron chi connectivity index (χ0n) is 10.3. The third-order valence-corrected chi connectivity index (χ3v) is 3.52. The van der Waals surface area contributed by atoms with Crippen molar-refractivity contribution in [3.05, 3.63) is 34.9 Å². The summed E-state index contributed by atoms with van der Waals surface area (Å²) in [5.74, 6) is -2.12. The highest BCUT2D eigenvalue weighted by Gasteiger charge is 2.14. The lowest BCUT2D eigenvalue weighted by atomic mass is 10.2. The summed E-state index contributed by atoms with van der Waals surface area (Å²) in [6.45, 7) is 0. The Morgan fingerprint density at radius 3 is 2.45 bits per heavy atom. The van der Waals surface area contributed by atoms with Crippen LogP contribution in [0.1, 0.15) is 10.4 Å². The van der Waals surface area contributed by atoms with Gasteiger partial charge in [-0.2, -0.15) is 0 Å². The minimum atomic E-state index is -1.13. The molecule has 0 aliphatic rings. The van der Waals surface area contributed by atoms with E-state index in [1.165, 1.54) is 12.1 Å². The molecule has 0 unspecified atom stereocenters. The maximum atomic E-state index is 11.7. The van der Waals surface area contributed by atoms with Crippen molar-refractivity contribution in [2.45, 2.75) is 6.04 Å².